The first-order valence-electron chi connectivity index (χ1n) is 9.26. The molecule has 0 bridgehead atoms. The number of halogens is 3. The molecule has 1 N–H and O–H groups in total. The van der Waals surface area contributed by atoms with Gasteiger partial charge in [-0.15, -0.1) is 11.8 Å². The first kappa shape index (κ1) is 22.1. The number of carbonyl (C=O) groups is 1. The van der Waals surface area contributed by atoms with E-state index in [1.54, 1.807) is 12.1 Å². The second-order valence-electron chi connectivity index (χ2n) is 7.02. The molecule has 30 heavy (non-hydrogen) atoms. The molecule has 1 unspecified atom stereocenters. The van der Waals surface area contributed by atoms with Crippen LogP contribution >= 0.6 is 11.8 Å². The first-order chi connectivity index (χ1) is 14.2. The molecule has 1 heterocycles. The molecule has 1 aliphatic rings. The van der Waals surface area contributed by atoms with E-state index in [4.69, 9.17) is 0 Å². The standard InChI is InChI=1S/C20H20F3N3O3S/c21-20(22,23)15-3-1-14(2-4-15)11-25-10-9-16(12-25)24-19(27)13-30-18-7-5-17(6-8-18)26(28)29/h1-8,16H,9-13H2,(H,24,27). The van der Waals surface area contributed by atoms with Gasteiger partial charge in [0, 0.05) is 42.7 Å². The number of nitrogens with one attached hydrogen (secondary N) is 1. The van der Waals surface area contributed by atoms with E-state index in [1.165, 1.54) is 36.0 Å². The van der Waals surface area contributed by atoms with Crippen molar-refractivity contribution in [1.82, 2.24) is 10.2 Å². The molecule has 1 atom stereocenters. The van der Waals surface area contributed by atoms with Gasteiger partial charge >= 0.3 is 6.18 Å². The number of rotatable bonds is 7. The Bertz CT molecular complexity index is 889. The van der Waals surface area contributed by atoms with Crippen LogP contribution in [0.1, 0.15) is 17.5 Å². The number of nitro groups is 1. The zero-order valence-electron chi connectivity index (χ0n) is 15.9. The predicted octanol–water partition coefficient (Wildman–Crippen LogP) is 4.10. The third kappa shape index (κ3) is 6.20. The molecule has 6 nitrogen and oxygen atoms in total. The maximum absolute atomic E-state index is 12.6. The zero-order chi connectivity index (χ0) is 21.7. The van der Waals surface area contributed by atoms with Gasteiger partial charge < -0.3 is 5.32 Å². The highest BCUT2D eigenvalue weighted by Crippen LogP contribution is 2.29. The minimum Gasteiger partial charge on any atom is -0.351 e. The zero-order valence-corrected chi connectivity index (χ0v) is 16.7. The summed E-state index contributed by atoms with van der Waals surface area (Å²) in [6.07, 6.45) is -3.57. The lowest BCUT2D eigenvalue weighted by Crippen LogP contribution is -2.37. The largest absolute Gasteiger partial charge is 0.416 e. The predicted molar refractivity (Wildman–Crippen MR) is 107 cm³/mol. The molecule has 0 radical (unpaired) electrons. The number of benzene rings is 2. The Morgan fingerprint density at radius 1 is 1.17 bits per heavy atom. The van der Waals surface area contributed by atoms with Crippen LogP contribution in [-0.2, 0) is 17.5 Å². The molecular weight excluding hydrogens is 419 g/mol. The molecule has 0 saturated carbocycles. The van der Waals surface area contributed by atoms with Gasteiger partial charge in [-0.1, -0.05) is 12.1 Å². The smallest absolute Gasteiger partial charge is 0.351 e. The molecule has 1 amide bonds. The average molecular weight is 439 g/mol. The highest BCUT2D eigenvalue weighted by atomic mass is 32.2. The topological polar surface area (TPSA) is 75.5 Å². The SMILES string of the molecule is O=C(CSc1ccc([N+](=O)[O-])cc1)NC1CCN(Cc2ccc(C(F)(F)F)cc2)C1. The summed E-state index contributed by atoms with van der Waals surface area (Å²) < 4.78 is 37.9. The third-order valence-corrected chi connectivity index (χ3v) is 5.75. The van der Waals surface area contributed by atoms with Gasteiger partial charge in [0.05, 0.1) is 16.2 Å². The molecule has 3 rings (SSSR count). The second kappa shape index (κ2) is 9.48. The van der Waals surface area contributed by atoms with Crippen LogP contribution in [0, 0.1) is 10.1 Å². The van der Waals surface area contributed by atoms with Crippen LogP contribution in [0.2, 0.25) is 0 Å². The number of thioether (sulfide) groups is 1. The van der Waals surface area contributed by atoms with Gasteiger partial charge in [-0.05, 0) is 36.2 Å². The van der Waals surface area contributed by atoms with Crippen molar-refractivity contribution >= 4 is 23.4 Å². The van der Waals surface area contributed by atoms with Crippen LogP contribution in [0.3, 0.4) is 0 Å². The van der Waals surface area contributed by atoms with E-state index in [9.17, 15) is 28.1 Å². The molecule has 0 spiro atoms. The van der Waals surface area contributed by atoms with Crippen LogP contribution in [0.15, 0.2) is 53.4 Å². The lowest BCUT2D eigenvalue weighted by atomic mass is 10.1. The van der Waals surface area contributed by atoms with Crippen molar-refractivity contribution < 1.29 is 22.9 Å². The monoisotopic (exact) mass is 439 g/mol. The molecule has 10 heteroatoms. The van der Waals surface area contributed by atoms with Crippen LogP contribution in [0.25, 0.3) is 0 Å². The van der Waals surface area contributed by atoms with Crippen molar-refractivity contribution in [3.05, 3.63) is 69.8 Å². The van der Waals surface area contributed by atoms with Gasteiger partial charge in [0.2, 0.25) is 5.91 Å². The van der Waals surface area contributed by atoms with Gasteiger partial charge in [0.25, 0.3) is 5.69 Å². The number of carbonyl (C=O) groups excluding carboxylic acids is 1. The van der Waals surface area contributed by atoms with Gasteiger partial charge in [0.1, 0.15) is 0 Å². The van der Waals surface area contributed by atoms with Gasteiger partial charge in [-0.3, -0.25) is 19.8 Å². The lowest BCUT2D eigenvalue weighted by Gasteiger charge is -2.17. The molecule has 1 fully saturated rings. The molecule has 0 aromatic heterocycles. The third-order valence-electron chi connectivity index (χ3n) is 4.74. The highest BCUT2D eigenvalue weighted by Gasteiger charge is 2.30. The van der Waals surface area contributed by atoms with E-state index in [-0.39, 0.29) is 23.4 Å². The fourth-order valence-corrected chi connectivity index (χ4v) is 3.94. The van der Waals surface area contributed by atoms with E-state index in [2.05, 4.69) is 10.2 Å². The Morgan fingerprint density at radius 3 is 2.43 bits per heavy atom. The maximum atomic E-state index is 12.6. The summed E-state index contributed by atoms with van der Waals surface area (Å²) >= 11 is 1.30. The number of nitrogens with zero attached hydrogens (tertiary/aromatic N) is 2. The molecular formula is C20H20F3N3O3S. The maximum Gasteiger partial charge on any atom is 0.416 e. The fraction of sp³-hybridized carbons (Fsp3) is 0.350. The number of hydrogen-bond donors (Lipinski definition) is 1. The number of hydrogen-bond acceptors (Lipinski definition) is 5. The Labute approximate surface area is 175 Å². The van der Waals surface area contributed by atoms with Crippen molar-refractivity contribution in [2.45, 2.75) is 30.1 Å². The van der Waals surface area contributed by atoms with Crippen LogP contribution in [0.5, 0.6) is 0 Å². The van der Waals surface area contributed by atoms with E-state index < -0.39 is 16.7 Å². The number of amides is 1. The average Bonchev–Trinajstić information content (AvgIpc) is 3.13. The van der Waals surface area contributed by atoms with Crippen LogP contribution in [-0.4, -0.2) is 40.6 Å². The fourth-order valence-electron chi connectivity index (χ4n) is 3.23. The summed E-state index contributed by atoms with van der Waals surface area (Å²) in [5.41, 5.74) is 0.134. The van der Waals surface area contributed by atoms with Gasteiger partial charge in [-0.2, -0.15) is 13.2 Å². The molecule has 1 saturated heterocycles. The second-order valence-corrected chi connectivity index (χ2v) is 8.07. The van der Waals surface area contributed by atoms with E-state index in [0.717, 1.165) is 35.6 Å². The number of non-ortho nitro benzene ring substituents is 1. The van der Waals surface area contributed by atoms with E-state index in [0.29, 0.717) is 13.1 Å². The van der Waals surface area contributed by atoms with Crippen LogP contribution < -0.4 is 5.32 Å². The molecule has 2 aromatic rings. The Kier molecular flexibility index (Phi) is 6.99. The highest BCUT2D eigenvalue weighted by molar-refractivity contribution is 8.00. The minimum absolute atomic E-state index is 0.00268. The van der Waals surface area contributed by atoms with Crippen molar-refractivity contribution in [2.24, 2.45) is 0 Å². The molecule has 160 valence electrons. The molecule has 0 aliphatic carbocycles. The normalized spacial score (nSPS) is 17.1. The number of alkyl halides is 3. The van der Waals surface area contributed by atoms with E-state index in [1.807, 2.05) is 0 Å². The minimum atomic E-state index is -4.34. The van der Waals surface area contributed by atoms with Gasteiger partial charge in [0.15, 0.2) is 0 Å². The molecule has 1 aliphatic heterocycles. The van der Waals surface area contributed by atoms with Crippen molar-refractivity contribution in [3.8, 4) is 0 Å². The summed E-state index contributed by atoms with van der Waals surface area (Å²) in [6, 6.07) is 11.1. The van der Waals surface area contributed by atoms with Crippen LogP contribution in [0.4, 0.5) is 18.9 Å². The van der Waals surface area contributed by atoms with E-state index >= 15 is 0 Å². The summed E-state index contributed by atoms with van der Waals surface area (Å²) in [5.74, 6) is 0.0764. The van der Waals surface area contributed by atoms with Gasteiger partial charge in [-0.25, -0.2) is 0 Å². The Hall–Kier alpha value is -2.59. The molecule has 2 aromatic carbocycles. The number of likely N-dealkylation sites (tertiary alicyclic amines) is 1. The van der Waals surface area contributed by atoms with Crippen molar-refractivity contribution in [1.29, 1.82) is 0 Å². The quantitative estimate of drug-likeness (QED) is 0.400. The lowest BCUT2D eigenvalue weighted by molar-refractivity contribution is -0.384. The summed E-state index contributed by atoms with van der Waals surface area (Å²) in [6.45, 7) is 1.92. The summed E-state index contributed by atoms with van der Waals surface area (Å²) in [5, 5.41) is 13.6. The first-order valence-corrected chi connectivity index (χ1v) is 10.2. The summed E-state index contributed by atoms with van der Waals surface area (Å²) in [7, 11) is 0. The summed E-state index contributed by atoms with van der Waals surface area (Å²) in [4.78, 5) is 25.2. The Morgan fingerprint density at radius 2 is 1.83 bits per heavy atom. The Balaban J connectivity index is 1.42. The van der Waals surface area contributed by atoms with Crippen molar-refractivity contribution in [2.75, 3.05) is 18.8 Å². The van der Waals surface area contributed by atoms with Crippen molar-refractivity contribution in [3.63, 3.8) is 0 Å². The number of nitro benzene ring substituents is 1.